The van der Waals surface area contributed by atoms with Crippen LogP contribution in [0.4, 0.5) is 65.9 Å². The fourth-order valence-electron chi connectivity index (χ4n) is 2.78. The molecule has 0 amide bonds. The van der Waals surface area contributed by atoms with Gasteiger partial charge in [0.2, 0.25) is 0 Å². The summed E-state index contributed by atoms with van der Waals surface area (Å²) < 4.78 is 198. The van der Waals surface area contributed by atoms with E-state index >= 15 is 0 Å². The Morgan fingerprint density at radius 1 is 0.583 bits per heavy atom. The second-order valence-electron chi connectivity index (χ2n) is 7.83. The highest BCUT2D eigenvalue weighted by atomic mass is 19.4. The third-order valence-corrected chi connectivity index (χ3v) is 4.98. The molecular formula is C17H19F15N4. The molecule has 0 radical (unpaired) electrons. The first-order valence-corrected chi connectivity index (χ1v) is 10.1. The summed E-state index contributed by atoms with van der Waals surface area (Å²) in [5.41, 5.74) is 0. The predicted molar refractivity (Wildman–Crippen MR) is 90.6 cm³/mol. The highest BCUT2D eigenvalue weighted by molar-refractivity contribution is 5.12. The van der Waals surface area contributed by atoms with Crippen molar-refractivity contribution in [3.63, 3.8) is 0 Å². The molecule has 36 heavy (non-hydrogen) atoms. The van der Waals surface area contributed by atoms with Crippen LogP contribution in [0.2, 0.25) is 0 Å². The number of rotatable bonds is 14. The van der Waals surface area contributed by atoms with Gasteiger partial charge in [-0.25, -0.2) is 0 Å². The number of hydrogen-bond donors (Lipinski definition) is 0. The minimum Gasteiger partial charge on any atom is -0.197 e. The van der Waals surface area contributed by atoms with Gasteiger partial charge in [-0.2, -0.15) is 70.7 Å². The number of hydrogen-bond acceptors (Lipinski definition) is 3. The zero-order chi connectivity index (χ0) is 28.4. The Labute approximate surface area is 193 Å². The van der Waals surface area contributed by atoms with E-state index in [-0.39, 0.29) is 12.2 Å². The van der Waals surface area contributed by atoms with Gasteiger partial charge in [0, 0.05) is 6.42 Å². The lowest BCUT2D eigenvalue weighted by Crippen LogP contribution is -2.72. The maximum Gasteiger partial charge on any atom is 0.460 e. The molecule has 0 fully saturated rings. The van der Waals surface area contributed by atoms with E-state index in [1.807, 2.05) is 6.92 Å². The van der Waals surface area contributed by atoms with Crippen LogP contribution in [0.5, 0.6) is 0 Å². The molecule has 1 aromatic rings. The van der Waals surface area contributed by atoms with Crippen LogP contribution >= 0.6 is 0 Å². The molecule has 0 unspecified atom stereocenters. The third kappa shape index (κ3) is 5.62. The first kappa shape index (κ1) is 32.0. The topological polar surface area (TPSA) is 43.6 Å². The second-order valence-corrected chi connectivity index (χ2v) is 7.83. The molecule has 0 bridgehead atoms. The molecule has 1 heterocycles. The highest BCUT2D eigenvalue weighted by Crippen LogP contribution is 2.62. The van der Waals surface area contributed by atoms with Gasteiger partial charge in [-0.15, -0.1) is 10.2 Å². The molecule has 0 aliphatic carbocycles. The largest absolute Gasteiger partial charge is 0.460 e. The second kappa shape index (κ2) is 10.4. The Morgan fingerprint density at radius 2 is 1.03 bits per heavy atom. The lowest BCUT2D eigenvalue weighted by atomic mass is 9.91. The van der Waals surface area contributed by atoms with Gasteiger partial charge in [-0.05, 0) is 11.6 Å². The number of nitrogens with zero attached hydrogens (tertiary/aromatic N) is 4. The lowest BCUT2D eigenvalue weighted by molar-refractivity contribution is -0.453. The van der Waals surface area contributed by atoms with E-state index in [4.69, 9.17) is 0 Å². The number of halogens is 15. The Morgan fingerprint density at radius 3 is 1.53 bits per heavy atom. The average molecular weight is 564 g/mol. The van der Waals surface area contributed by atoms with Gasteiger partial charge >= 0.3 is 41.7 Å². The number of tetrazole rings is 1. The summed E-state index contributed by atoms with van der Waals surface area (Å²) in [7, 11) is 0. The SMILES string of the molecule is CCCCCCCCc1nnn(CC(F)(F)C(F)(F)C(F)(F)C(F)(F)C(F)(F)C(F)(F)C(F)(F)F)n1. The van der Waals surface area contributed by atoms with Crippen molar-refractivity contribution in [3.05, 3.63) is 5.82 Å². The van der Waals surface area contributed by atoms with Crippen molar-refractivity contribution in [3.8, 4) is 0 Å². The number of aromatic nitrogens is 4. The molecule has 19 heteroatoms. The van der Waals surface area contributed by atoms with E-state index in [0.29, 0.717) is 12.8 Å². The van der Waals surface area contributed by atoms with Crippen molar-refractivity contribution in [2.75, 3.05) is 0 Å². The Balaban J connectivity index is 3.12. The van der Waals surface area contributed by atoms with Crippen molar-refractivity contribution in [1.29, 1.82) is 0 Å². The molecule has 0 aliphatic heterocycles. The van der Waals surface area contributed by atoms with E-state index in [1.165, 1.54) is 0 Å². The van der Waals surface area contributed by atoms with Crippen molar-refractivity contribution < 1.29 is 65.9 Å². The summed E-state index contributed by atoms with van der Waals surface area (Å²) in [4.78, 5) is -0.461. The standard InChI is InChI=1S/C17H19F15N4/c1-2-3-4-5-6-7-8-10-33-35-36(34-10)9-11(18,19)12(20,21)13(22,23)14(24,25)15(26,27)16(28,29)17(30,31)32/h2-9H2,1H3. The van der Waals surface area contributed by atoms with Gasteiger partial charge < -0.3 is 0 Å². The summed E-state index contributed by atoms with van der Waals surface area (Å²) in [6, 6.07) is 0. The molecule has 4 nitrogen and oxygen atoms in total. The summed E-state index contributed by atoms with van der Waals surface area (Å²) in [6.07, 6.45) is -3.25. The number of aryl methyl sites for hydroxylation is 1. The molecule has 1 rings (SSSR count). The third-order valence-electron chi connectivity index (χ3n) is 4.98. The molecule has 0 saturated heterocycles. The zero-order valence-corrected chi connectivity index (χ0v) is 18.1. The lowest BCUT2D eigenvalue weighted by Gasteiger charge is -2.41. The molecule has 212 valence electrons. The average Bonchev–Trinajstić information content (AvgIpc) is 3.15. The fraction of sp³-hybridized carbons (Fsp3) is 0.941. The number of unbranched alkanes of at least 4 members (excludes halogenated alkanes) is 5. The fourth-order valence-corrected chi connectivity index (χ4v) is 2.78. The van der Waals surface area contributed by atoms with E-state index < -0.39 is 53.1 Å². The molecule has 0 aliphatic rings. The first-order valence-electron chi connectivity index (χ1n) is 10.1. The summed E-state index contributed by atoms with van der Waals surface area (Å²) in [5.74, 6) is -47.1. The summed E-state index contributed by atoms with van der Waals surface area (Å²) in [6.45, 7) is -0.835. The molecule has 0 atom stereocenters. The van der Waals surface area contributed by atoms with Crippen LogP contribution in [0.15, 0.2) is 0 Å². The van der Waals surface area contributed by atoms with Crippen LogP contribution in [-0.2, 0) is 13.0 Å². The first-order chi connectivity index (χ1) is 16.0. The molecule has 1 aromatic heterocycles. The molecule has 0 spiro atoms. The van der Waals surface area contributed by atoms with Gasteiger partial charge in [0.25, 0.3) is 0 Å². The maximum absolute atomic E-state index is 13.9. The van der Waals surface area contributed by atoms with E-state index in [2.05, 4.69) is 15.4 Å². The number of alkyl halides is 15. The molecule has 0 aromatic carbocycles. The van der Waals surface area contributed by atoms with Gasteiger partial charge in [0.15, 0.2) is 5.82 Å². The van der Waals surface area contributed by atoms with Gasteiger partial charge in [0.1, 0.15) is 6.54 Å². The van der Waals surface area contributed by atoms with Crippen LogP contribution in [-0.4, -0.2) is 61.9 Å². The van der Waals surface area contributed by atoms with Crippen LogP contribution < -0.4 is 0 Å². The quantitative estimate of drug-likeness (QED) is 0.182. The minimum absolute atomic E-state index is 0.0545. The van der Waals surface area contributed by atoms with Crippen LogP contribution in [0.25, 0.3) is 0 Å². The Kier molecular flexibility index (Phi) is 9.27. The Hall–Kier alpha value is -1.98. The van der Waals surface area contributed by atoms with Crippen LogP contribution in [0.1, 0.15) is 51.3 Å². The molecular weight excluding hydrogens is 545 g/mol. The van der Waals surface area contributed by atoms with Crippen LogP contribution in [0.3, 0.4) is 0 Å². The summed E-state index contributed by atoms with van der Waals surface area (Å²) in [5, 5.41) is 9.11. The van der Waals surface area contributed by atoms with E-state index in [0.717, 1.165) is 25.7 Å². The van der Waals surface area contributed by atoms with Crippen LogP contribution in [0, 0.1) is 0 Å². The molecule has 0 N–H and O–H groups in total. The maximum atomic E-state index is 13.9. The van der Waals surface area contributed by atoms with Crippen molar-refractivity contribution >= 4 is 0 Å². The van der Waals surface area contributed by atoms with Crippen molar-refractivity contribution in [2.24, 2.45) is 0 Å². The zero-order valence-electron chi connectivity index (χ0n) is 18.1. The van der Waals surface area contributed by atoms with Gasteiger partial charge in [-0.1, -0.05) is 39.0 Å². The summed E-state index contributed by atoms with van der Waals surface area (Å²) >= 11 is 0. The normalized spacial score (nSPS) is 15.0. The monoisotopic (exact) mass is 564 g/mol. The van der Waals surface area contributed by atoms with Gasteiger partial charge in [0.05, 0.1) is 0 Å². The van der Waals surface area contributed by atoms with Gasteiger partial charge in [-0.3, -0.25) is 0 Å². The predicted octanol–water partition coefficient (Wildman–Crippen LogP) is 6.95. The minimum atomic E-state index is -8.31. The molecule has 0 saturated carbocycles. The van der Waals surface area contributed by atoms with Crippen molar-refractivity contribution in [1.82, 2.24) is 20.2 Å². The van der Waals surface area contributed by atoms with E-state index in [1.54, 1.807) is 0 Å². The van der Waals surface area contributed by atoms with Crippen molar-refractivity contribution in [2.45, 2.75) is 100 Å². The smallest absolute Gasteiger partial charge is 0.197 e. The Bertz CT molecular complexity index is 847. The highest BCUT2D eigenvalue weighted by Gasteiger charge is 2.93. The van der Waals surface area contributed by atoms with E-state index in [9.17, 15) is 65.9 Å².